The van der Waals surface area contributed by atoms with Crippen molar-refractivity contribution < 1.29 is 28.7 Å². The van der Waals surface area contributed by atoms with Crippen LogP contribution in [0.2, 0.25) is 0 Å². The zero-order chi connectivity index (χ0) is 23.1. The minimum absolute atomic E-state index is 0.0389. The highest BCUT2D eigenvalue weighted by atomic mass is 16.5. The Balaban J connectivity index is 1.50. The van der Waals surface area contributed by atoms with Gasteiger partial charge in [-0.1, -0.05) is 42.5 Å². The highest BCUT2D eigenvalue weighted by Crippen LogP contribution is 2.33. The SMILES string of the molecule is COc1ccccc1N1CC(C(=O)OC(C)C(=O)NC(=O)NCc2ccccc2)CC1=O. The fraction of sp³-hybridized carbons (Fsp3) is 0.304. The van der Waals surface area contributed by atoms with Crippen LogP contribution in [0.5, 0.6) is 5.75 Å². The van der Waals surface area contributed by atoms with E-state index < -0.39 is 29.9 Å². The monoisotopic (exact) mass is 439 g/mol. The van der Waals surface area contributed by atoms with E-state index in [1.807, 2.05) is 30.3 Å². The van der Waals surface area contributed by atoms with E-state index >= 15 is 0 Å². The lowest BCUT2D eigenvalue weighted by molar-refractivity contribution is -0.158. The molecule has 2 atom stereocenters. The van der Waals surface area contributed by atoms with Gasteiger partial charge in [-0.3, -0.25) is 19.7 Å². The molecule has 168 valence electrons. The van der Waals surface area contributed by atoms with Crippen LogP contribution in [0.4, 0.5) is 10.5 Å². The average Bonchev–Trinajstić information content (AvgIpc) is 3.19. The number of rotatable bonds is 7. The number of imide groups is 1. The zero-order valence-corrected chi connectivity index (χ0v) is 17.9. The van der Waals surface area contributed by atoms with Crippen LogP contribution in [-0.2, 0) is 25.7 Å². The Hall–Kier alpha value is -3.88. The second-order valence-electron chi connectivity index (χ2n) is 7.31. The number of methoxy groups -OCH3 is 1. The second kappa shape index (κ2) is 10.4. The van der Waals surface area contributed by atoms with Crippen LogP contribution in [0.3, 0.4) is 0 Å². The number of esters is 1. The van der Waals surface area contributed by atoms with Crippen molar-refractivity contribution in [3.63, 3.8) is 0 Å². The first-order valence-corrected chi connectivity index (χ1v) is 10.2. The first-order chi connectivity index (χ1) is 15.4. The first kappa shape index (κ1) is 22.8. The maximum atomic E-state index is 12.5. The van der Waals surface area contributed by atoms with Crippen molar-refractivity contribution in [1.82, 2.24) is 10.6 Å². The lowest BCUT2D eigenvalue weighted by Crippen LogP contribution is -2.45. The van der Waals surface area contributed by atoms with Gasteiger partial charge in [0.05, 0.1) is 18.7 Å². The van der Waals surface area contributed by atoms with Gasteiger partial charge < -0.3 is 19.7 Å². The van der Waals surface area contributed by atoms with E-state index in [2.05, 4.69) is 10.6 Å². The number of anilines is 1. The van der Waals surface area contributed by atoms with E-state index in [4.69, 9.17) is 9.47 Å². The van der Waals surface area contributed by atoms with E-state index in [0.717, 1.165) is 5.56 Å². The minimum atomic E-state index is -1.19. The van der Waals surface area contributed by atoms with Crippen LogP contribution < -0.4 is 20.3 Å². The third-order valence-electron chi connectivity index (χ3n) is 5.03. The van der Waals surface area contributed by atoms with Crippen molar-refractivity contribution in [2.45, 2.75) is 26.0 Å². The van der Waals surface area contributed by atoms with E-state index in [1.165, 1.54) is 18.9 Å². The number of hydrogen-bond donors (Lipinski definition) is 2. The Morgan fingerprint density at radius 3 is 2.50 bits per heavy atom. The van der Waals surface area contributed by atoms with Gasteiger partial charge in [-0.25, -0.2) is 4.79 Å². The molecule has 1 aliphatic rings. The summed E-state index contributed by atoms with van der Waals surface area (Å²) in [5, 5.41) is 4.70. The lowest BCUT2D eigenvalue weighted by Gasteiger charge is -2.19. The molecule has 32 heavy (non-hydrogen) atoms. The number of nitrogens with zero attached hydrogens (tertiary/aromatic N) is 1. The molecule has 0 bridgehead atoms. The van der Waals surface area contributed by atoms with Gasteiger partial charge in [0.15, 0.2) is 6.10 Å². The molecule has 4 amide bonds. The molecule has 2 aromatic rings. The number of urea groups is 1. The number of para-hydroxylation sites is 2. The van der Waals surface area contributed by atoms with Crippen molar-refractivity contribution in [3.05, 3.63) is 60.2 Å². The Kier molecular flexibility index (Phi) is 7.43. The summed E-state index contributed by atoms with van der Waals surface area (Å²) in [5.41, 5.74) is 1.44. The summed E-state index contributed by atoms with van der Waals surface area (Å²) in [7, 11) is 1.50. The van der Waals surface area contributed by atoms with E-state index in [0.29, 0.717) is 11.4 Å². The molecular formula is C23H25N3O6. The van der Waals surface area contributed by atoms with Crippen LogP contribution in [0.1, 0.15) is 18.9 Å². The summed E-state index contributed by atoms with van der Waals surface area (Å²) in [6.45, 7) is 1.73. The molecule has 0 radical (unpaired) electrons. The number of amides is 4. The number of ether oxygens (including phenoxy) is 2. The van der Waals surface area contributed by atoms with Crippen LogP contribution in [0, 0.1) is 5.92 Å². The van der Waals surface area contributed by atoms with E-state index in [-0.39, 0.29) is 25.4 Å². The average molecular weight is 439 g/mol. The van der Waals surface area contributed by atoms with Gasteiger partial charge >= 0.3 is 12.0 Å². The molecule has 1 heterocycles. The number of benzene rings is 2. The van der Waals surface area contributed by atoms with Crippen LogP contribution in [0.15, 0.2) is 54.6 Å². The number of carbonyl (C=O) groups excluding carboxylic acids is 4. The highest BCUT2D eigenvalue weighted by molar-refractivity contribution is 6.01. The van der Waals surface area contributed by atoms with Crippen LogP contribution in [0.25, 0.3) is 0 Å². The molecule has 0 aromatic heterocycles. The van der Waals surface area contributed by atoms with Gasteiger partial charge in [-0.15, -0.1) is 0 Å². The smallest absolute Gasteiger partial charge is 0.321 e. The Bertz CT molecular complexity index is 994. The predicted molar refractivity (Wildman–Crippen MR) is 116 cm³/mol. The fourth-order valence-electron chi connectivity index (χ4n) is 3.31. The van der Waals surface area contributed by atoms with Crippen molar-refractivity contribution in [2.24, 2.45) is 5.92 Å². The quantitative estimate of drug-likeness (QED) is 0.638. The summed E-state index contributed by atoms with van der Waals surface area (Å²) in [5.74, 6) is -1.88. The molecule has 3 rings (SSSR count). The van der Waals surface area contributed by atoms with Gasteiger partial charge in [0.1, 0.15) is 5.75 Å². The normalized spacial score (nSPS) is 16.2. The van der Waals surface area contributed by atoms with Gasteiger partial charge in [-0.05, 0) is 24.6 Å². The molecule has 1 saturated heterocycles. The molecule has 9 nitrogen and oxygen atoms in total. The van der Waals surface area contributed by atoms with E-state index in [9.17, 15) is 19.2 Å². The van der Waals surface area contributed by atoms with Crippen molar-refractivity contribution in [1.29, 1.82) is 0 Å². The second-order valence-corrected chi connectivity index (χ2v) is 7.31. The predicted octanol–water partition coefficient (Wildman–Crippen LogP) is 2.01. The summed E-state index contributed by atoms with van der Waals surface area (Å²) < 4.78 is 10.5. The number of carbonyl (C=O) groups is 4. The summed E-state index contributed by atoms with van der Waals surface area (Å²) in [4.78, 5) is 50.6. The van der Waals surface area contributed by atoms with Crippen molar-refractivity contribution >= 4 is 29.5 Å². The molecule has 0 aliphatic carbocycles. The third-order valence-corrected chi connectivity index (χ3v) is 5.03. The number of nitrogens with one attached hydrogen (secondary N) is 2. The highest BCUT2D eigenvalue weighted by Gasteiger charge is 2.38. The minimum Gasteiger partial charge on any atom is -0.495 e. The standard InChI is InChI=1S/C23H25N3O6/c1-15(21(28)25-23(30)24-13-16-8-4-3-5-9-16)32-22(29)17-12-20(27)26(14-17)18-10-6-7-11-19(18)31-2/h3-11,15,17H,12-14H2,1-2H3,(H2,24,25,28,30). The van der Waals surface area contributed by atoms with Gasteiger partial charge in [0, 0.05) is 19.5 Å². The van der Waals surface area contributed by atoms with Crippen LogP contribution in [-0.4, -0.2) is 43.6 Å². The van der Waals surface area contributed by atoms with Gasteiger partial charge in [0.2, 0.25) is 5.91 Å². The molecule has 2 unspecified atom stereocenters. The molecule has 0 spiro atoms. The first-order valence-electron chi connectivity index (χ1n) is 10.2. The Morgan fingerprint density at radius 1 is 1.09 bits per heavy atom. The topological polar surface area (TPSA) is 114 Å². The van der Waals surface area contributed by atoms with Crippen LogP contribution >= 0.6 is 0 Å². The summed E-state index contributed by atoms with van der Waals surface area (Å²) >= 11 is 0. The Labute approximate surface area is 185 Å². The van der Waals surface area contributed by atoms with E-state index in [1.54, 1.807) is 24.3 Å². The molecule has 9 heteroatoms. The van der Waals surface area contributed by atoms with Crippen molar-refractivity contribution in [3.8, 4) is 5.75 Å². The zero-order valence-electron chi connectivity index (χ0n) is 17.9. The number of hydrogen-bond acceptors (Lipinski definition) is 6. The van der Waals surface area contributed by atoms with Gasteiger partial charge in [0.25, 0.3) is 5.91 Å². The molecule has 0 saturated carbocycles. The Morgan fingerprint density at radius 2 is 1.78 bits per heavy atom. The van der Waals surface area contributed by atoms with Gasteiger partial charge in [-0.2, -0.15) is 0 Å². The van der Waals surface area contributed by atoms with Crippen molar-refractivity contribution in [2.75, 3.05) is 18.6 Å². The summed E-state index contributed by atoms with van der Waals surface area (Å²) in [6.07, 6.45) is -1.23. The molecular weight excluding hydrogens is 414 g/mol. The molecule has 2 aromatic carbocycles. The maximum absolute atomic E-state index is 12.5. The largest absolute Gasteiger partial charge is 0.495 e. The molecule has 2 N–H and O–H groups in total. The molecule has 1 fully saturated rings. The third kappa shape index (κ3) is 5.63. The fourth-order valence-corrected chi connectivity index (χ4v) is 3.31. The molecule has 1 aliphatic heterocycles. The lowest BCUT2D eigenvalue weighted by atomic mass is 10.1. The summed E-state index contributed by atoms with van der Waals surface area (Å²) in [6, 6.07) is 15.5. The maximum Gasteiger partial charge on any atom is 0.321 e.